The number of Topliss-reactive ketones (excluding diaryl/α,β-unsaturated/α-hetero) is 1. The summed E-state index contributed by atoms with van der Waals surface area (Å²) in [5.74, 6) is 1.98. The molecule has 0 fully saturated rings. The molecule has 0 unspecified atom stereocenters. The highest BCUT2D eigenvalue weighted by Crippen LogP contribution is 2.50. The van der Waals surface area contributed by atoms with E-state index in [2.05, 4.69) is 104 Å². The molecule has 5 N–H and O–H groups in total. The van der Waals surface area contributed by atoms with Gasteiger partial charge in [-0.3, -0.25) is 19.2 Å². The van der Waals surface area contributed by atoms with E-state index in [1.807, 2.05) is 67.1 Å². The molecule has 0 radical (unpaired) electrons. The van der Waals surface area contributed by atoms with Crippen LogP contribution >= 0.6 is 11.6 Å². The fraction of sp³-hybridized carbons (Fsp3) is 0.239. The van der Waals surface area contributed by atoms with Crippen molar-refractivity contribution in [3.05, 3.63) is 207 Å². The number of rotatable bonds is 14. The van der Waals surface area contributed by atoms with Crippen molar-refractivity contribution in [2.24, 2.45) is 20.5 Å². The van der Waals surface area contributed by atoms with Crippen LogP contribution in [0.5, 0.6) is 23.0 Å². The van der Waals surface area contributed by atoms with Gasteiger partial charge in [0, 0.05) is 60.9 Å². The van der Waals surface area contributed by atoms with Crippen LogP contribution in [0.4, 0.5) is 34.3 Å². The number of aromatic nitrogens is 4. The first-order chi connectivity index (χ1) is 43.1. The maximum atomic E-state index is 13.3. The number of allylic oxidation sites excluding steroid dienone is 3. The van der Waals surface area contributed by atoms with E-state index in [0.29, 0.717) is 28.6 Å². The first kappa shape index (κ1) is 64.2. The minimum absolute atomic E-state index is 0.00293. The van der Waals surface area contributed by atoms with Crippen LogP contribution in [0, 0.1) is 26.2 Å². The summed E-state index contributed by atoms with van der Waals surface area (Å²) in [4.78, 5) is 69.1. The van der Waals surface area contributed by atoms with Crippen molar-refractivity contribution in [2.45, 2.75) is 83.1 Å². The molecule has 1 aliphatic heterocycles. The van der Waals surface area contributed by atoms with E-state index >= 15 is 0 Å². The van der Waals surface area contributed by atoms with Crippen molar-refractivity contribution in [1.29, 1.82) is 0 Å². The highest BCUT2D eigenvalue weighted by Gasteiger charge is 2.39. The van der Waals surface area contributed by atoms with Crippen molar-refractivity contribution in [2.75, 3.05) is 47.4 Å². The van der Waals surface area contributed by atoms with Crippen molar-refractivity contribution in [1.82, 2.24) is 25.2 Å². The predicted octanol–water partition coefficient (Wildman–Crippen LogP) is 14.4. The van der Waals surface area contributed by atoms with Gasteiger partial charge in [0.15, 0.2) is 28.9 Å². The molecule has 90 heavy (non-hydrogen) atoms. The number of aliphatic imine (C=N–C) groups is 2. The number of para-hydroxylation sites is 2. The zero-order chi connectivity index (χ0) is 64.7. The molecule has 0 atom stereocenters. The number of ether oxygens (including phenoxy) is 2. The number of anilines is 4. The van der Waals surface area contributed by atoms with E-state index in [9.17, 15) is 19.2 Å². The minimum atomic E-state index is -0.396. The van der Waals surface area contributed by atoms with Crippen molar-refractivity contribution < 1.29 is 28.7 Å². The SMILES string of the molecule is CCN(CC)c1ccc(N=C2C(C(C)(C)C)=Nn3c2nnc3-c2cccc(C)c2)c(C)n1.CCN(CC)c1ccc(N=C2C=C(NC(C)=O)C(=O)C(Cl)=C2C)c(C)c1.Nc1c(Oc2ccccc2)c(Oc2ccccc2)c(N)c2c1C(=O)c1ccccc1C2=O. The second kappa shape index (κ2) is 27.4. The van der Waals surface area contributed by atoms with Crippen LogP contribution < -0.4 is 36.1 Å². The monoisotopic (exact) mass is 1220 g/mol. The summed E-state index contributed by atoms with van der Waals surface area (Å²) >= 11 is 6.15. The number of nitrogen functional groups attached to an aromatic ring is 2. The predicted molar refractivity (Wildman–Crippen MR) is 360 cm³/mol. The lowest BCUT2D eigenvalue weighted by Gasteiger charge is -2.25. The van der Waals surface area contributed by atoms with Crippen LogP contribution in [-0.2, 0) is 9.59 Å². The number of carbonyl (C=O) groups excluding carboxylic acids is 4. The molecule has 1 amide bonds. The normalized spacial score (nSPS) is 14.1. The number of ketones is 3. The second-order valence-electron chi connectivity index (χ2n) is 22.6. The first-order valence-electron chi connectivity index (χ1n) is 29.7. The maximum absolute atomic E-state index is 13.3. The third-order valence-electron chi connectivity index (χ3n) is 15.2. The summed E-state index contributed by atoms with van der Waals surface area (Å²) in [6, 6.07) is 42.8. The first-order valence-corrected chi connectivity index (χ1v) is 30.1. The molecule has 18 nitrogen and oxygen atoms in total. The van der Waals surface area contributed by atoms with Gasteiger partial charge in [-0.15, -0.1) is 10.2 Å². The molecule has 0 saturated carbocycles. The highest BCUT2D eigenvalue weighted by atomic mass is 35.5. The second-order valence-corrected chi connectivity index (χ2v) is 22.9. The quantitative estimate of drug-likeness (QED) is 0.0679. The average Bonchev–Trinajstić information content (AvgIpc) is 0.854. The Morgan fingerprint density at radius 1 is 0.644 bits per heavy atom. The molecule has 2 aromatic heterocycles. The fourth-order valence-electron chi connectivity index (χ4n) is 10.4. The standard InChI is InChI=1S/C26H18N2O4.C25H31N7.C20H24ClN3O2/c27-21-19-20(24(30)18-14-8-7-13-17(18)23(19)29)22(28)26(32-16-11-5-2-6-12-16)25(21)31-15-9-3-1-4-10-15;1-8-31(9-2)20-14-13-19(17(4)26-20)27-21-22(25(5,6)7)30-32-23(28-29-24(21)32)18-12-10-11-16(3)15-18;1-6-24(7-2)15-8-9-16(12(3)10-15)23-17-11-18(22-14(5)25)20(26)19(21)13(17)4/h1-14H,27-28H2;10-15H,8-9H2,1-7H3;8-11H,6-7H2,1-5H3,(H,22,25). The highest BCUT2D eigenvalue weighted by molar-refractivity contribution is 6.51. The lowest BCUT2D eigenvalue weighted by atomic mass is 9.82. The van der Waals surface area contributed by atoms with Gasteiger partial charge in [0.25, 0.3) is 0 Å². The Balaban J connectivity index is 0.000000161. The summed E-state index contributed by atoms with van der Waals surface area (Å²) in [6.45, 7) is 27.8. The molecule has 0 bridgehead atoms. The number of nitrogens with two attached hydrogens (primary N) is 2. The Morgan fingerprint density at radius 3 is 1.70 bits per heavy atom. The fourth-order valence-corrected chi connectivity index (χ4v) is 10.6. The number of nitrogens with zero attached hydrogens (tertiary/aromatic N) is 9. The zero-order valence-corrected chi connectivity index (χ0v) is 53.4. The van der Waals surface area contributed by atoms with Crippen LogP contribution in [0.2, 0.25) is 0 Å². The molecule has 8 aromatic rings. The Bertz CT molecular complexity index is 4160. The number of hydrogen-bond donors (Lipinski definition) is 3. The number of pyridine rings is 1. The van der Waals surface area contributed by atoms with E-state index in [4.69, 9.17) is 47.6 Å². The number of hydrogen-bond acceptors (Lipinski definition) is 16. The number of amides is 1. The van der Waals surface area contributed by atoms with E-state index in [-0.39, 0.29) is 78.7 Å². The summed E-state index contributed by atoms with van der Waals surface area (Å²) in [6.07, 6.45) is 1.57. The summed E-state index contributed by atoms with van der Waals surface area (Å²) in [5, 5.41) is 16.4. The van der Waals surface area contributed by atoms with Crippen LogP contribution in [0.1, 0.15) is 117 Å². The Labute approximate surface area is 529 Å². The summed E-state index contributed by atoms with van der Waals surface area (Å²) in [7, 11) is 0. The number of nitrogens with one attached hydrogen (secondary N) is 1. The van der Waals surface area contributed by atoms with E-state index in [1.54, 1.807) is 85.8 Å². The van der Waals surface area contributed by atoms with Crippen LogP contribution in [0.25, 0.3) is 11.4 Å². The Kier molecular flexibility index (Phi) is 19.5. The third kappa shape index (κ3) is 13.5. The summed E-state index contributed by atoms with van der Waals surface area (Å²) < 4.78 is 13.9. The zero-order valence-electron chi connectivity index (χ0n) is 52.7. The van der Waals surface area contributed by atoms with Gasteiger partial charge in [-0.05, 0) is 133 Å². The van der Waals surface area contributed by atoms with Crippen LogP contribution in [0.3, 0.4) is 0 Å². The van der Waals surface area contributed by atoms with Gasteiger partial charge in [-0.2, -0.15) is 9.78 Å². The number of fused-ring (bicyclic) bond motifs is 3. The maximum Gasteiger partial charge on any atom is 0.221 e. The van der Waals surface area contributed by atoms with Crippen molar-refractivity contribution in [3.8, 4) is 34.4 Å². The molecule has 460 valence electrons. The molecule has 0 saturated heterocycles. The van der Waals surface area contributed by atoms with Crippen LogP contribution in [-0.4, -0.2) is 86.4 Å². The molecule has 6 aromatic carbocycles. The molecule has 3 heterocycles. The number of carbonyl (C=O) groups is 4. The topological polar surface area (TPSA) is 238 Å². The van der Waals surface area contributed by atoms with E-state index in [1.165, 1.54) is 12.5 Å². The molecular weight excluding hydrogens is 1150 g/mol. The minimum Gasteiger partial charge on any atom is -0.451 e. The van der Waals surface area contributed by atoms with Gasteiger partial charge in [0.05, 0.1) is 61.7 Å². The van der Waals surface area contributed by atoms with Crippen molar-refractivity contribution >= 4 is 86.2 Å². The third-order valence-corrected chi connectivity index (χ3v) is 15.7. The Hall–Kier alpha value is -10.3. The van der Waals surface area contributed by atoms with Gasteiger partial charge in [-0.1, -0.05) is 117 Å². The van der Waals surface area contributed by atoms with Gasteiger partial charge in [0.1, 0.15) is 23.0 Å². The number of halogens is 1. The van der Waals surface area contributed by atoms with E-state index < -0.39 is 5.78 Å². The van der Waals surface area contributed by atoms with E-state index in [0.717, 1.165) is 83.1 Å². The molecular formula is C71H73ClN12O6. The molecule has 0 spiro atoms. The van der Waals surface area contributed by atoms with Gasteiger partial charge in [0.2, 0.25) is 17.5 Å². The molecule has 3 aliphatic rings. The van der Waals surface area contributed by atoms with Gasteiger partial charge >= 0.3 is 0 Å². The van der Waals surface area contributed by atoms with Crippen molar-refractivity contribution in [3.63, 3.8) is 0 Å². The summed E-state index contributed by atoms with van der Waals surface area (Å²) in [5.41, 5.74) is 23.1. The molecule has 19 heteroatoms. The smallest absolute Gasteiger partial charge is 0.221 e. The Morgan fingerprint density at radius 2 is 1.19 bits per heavy atom. The molecule has 2 aliphatic carbocycles. The lowest BCUT2D eigenvalue weighted by Crippen LogP contribution is -2.29. The van der Waals surface area contributed by atoms with Gasteiger partial charge in [-0.25, -0.2) is 15.0 Å². The lowest BCUT2D eigenvalue weighted by molar-refractivity contribution is -0.120. The van der Waals surface area contributed by atoms with Gasteiger partial charge < -0.3 is 36.1 Å². The number of benzene rings is 6. The molecule has 11 rings (SSSR count). The number of aryl methyl sites for hydroxylation is 3. The van der Waals surface area contributed by atoms with Crippen LogP contribution in [0.15, 0.2) is 177 Å². The average molecular weight is 1230 g/mol. The largest absolute Gasteiger partial charge is 0.451 e.